The van der Waals surface area contributed by atoms with Gasteiger partial charge in [0.25, 0.3) is 0 Å². The first-order valence-corrected chi connectivity index (χ1v) is 29.3. The molecule has 8 rings (SSSR count). The molecule has 0 amide bonds. The highest BCUT2D eigenvalue weighted by Gasteiger charge is 2.42. The molecule has 1 saturated heterocycles. The molecule has 0 spiro atoms. The molecule has 5 heterocycles. The maximum atomic E-state index is 14.0. The highest BCUT2D eigenvalue weighted by Crippen LogP contribution is 2.48. The minimum atomic E-state index is -0.318. The minimum Gasteiger partial charge on any atom is -0.511 e. The summed E-state index contributed by atoms with van der Waals surface area (Å²) in [5, 5.41) is 25.6. The van der Waals surface area contributed by atoms with E-state index in [0.717, 1.165) is 116 Å². The third kappa shape index (κ3) is 13.5. The number of aliphatic hydroxyl groups excluding tert-OH is 2. The Kier molecular flexibility index (Phi) is 18.4. The van der Waals surface area contributed by atoms with E-state index in [1.165, 1.54) is 33.4 Å². The first-order chi connectivity index (χ1) is 38.4. The number of aliphatic hydroxyl groups is 2. The highest BCUT2D eigenvalue weighted by atomic mass is 16.5. The van der Waals surface area contributed by atoms with Crippen molar-refractivity contribution in [2.75, 3.05) is 0 Å². The summed E-state index contributed by atoms with van der Waals surface area (Å²) in [4.78, 5) is 29.5. The lowest BCUT2D eigenvalue weighted by molar-refractivity contribution is -0.149. The van der Waals surface area contributed by atoms with Crippen molar-refractivity contribution in [2.45, 2.75) is 161 Å². The van der Waals surface area contributed by atoms with E-state index in [-0.39, 0.29) is 53.2 Å². The number of hydrogen-bond acceptors (Lipinski definition) is 8. The maximum Gasteiger partial charge on any atom is 0.306 e. The number of fused-ring (bicyclic) bond motifs is 5. The fraction of sp³-hybridized carbons (Fsp3) is 0.397. The molecule has 1 fully saturated rings. The summed E-state index contributed by atoms with van der Waals surface area (Å²) in [6, 6.07) is 0. The summed E-state index contributed by atoms with van der Waals surface area (Å²) in [5.74, 6) is 0.267. The number of ether oxygens (including phenoxy) is 1. The first kappa shape index (κ1) is 59.9. The Balaban J connectivity index is 0.890. The van der Waals surface area contributed by atoms with Crippen molar-refractivity contribution >= 4 is 23.1 Å². The Bertz CT molecular complexity index is 3400. The lowest BCUT2D eigenvalue weighted by Gasteiger charge is -2.40. The van der Waals surface area contributed by atoms with Gasteiger partial charge >= 0.3 is 5.97 Å². The van der Waals surface area contributed by atoms with Crippen molar-refractivity contribution in [3.05, 3.63) is 234 Å². The Hall–Kier alpha value is -7.16. The molecule has 0 aromatic heterocycles. The van der Waals surface area contributed by atoms with Gasteiger partial charge in [-0.3, -0.25) is 4.79 Å². The van der Waals surface area contributed by atoms with Gasteiger partial charge in [0.2, 0.25) is 0 Å². The van der Waals surface area contributed by atoms with E-state index in [9.17, 15) is 15.0 Å². The molecule has 5 aliphatic heterocycles. The number of hydrogen-bond donors (Lipinski definition) is 3. The van der Waals surface area contributed by atoms with Crippen LogP contribution < -0.4 is 5.32 Å². The zero-order chi connectivity index (χ0) is 58.7. The summed E-state index contributed by atoms with van der Waals surface area (Å²) >= 11 is 0. The fourth-order valence-electron chi connectivity index (χ4n) is 13.1. The normalized spacial score (nSPS) is 26.3. The van der Waals surface area contributed by atoms with Crippen LogP contribution in [0, 0.1) is 28.6 Å². The number of esters is 1. The quantitative estimate of drug-likeness (QED) is 0.0809. The second-order valence-electron chi connectivity index (χ2n) is 25.0. The summed E-state index contributed by atoms with van der Waals surface area (Å²) < 4.78 is 6.32. The van der Waals surface area contributed by atoms with Gasteiger partial charge in [-0.1, -0.05) is 173 Å². The molecule has 5 atom stereocenters. The first-order valence-electron chi connectivity index (χ1n) is 29.3. The predicted octanol–water partition coefficient (Wildman–Crippen LogP) is 17.6. The Morgan fingerprint density at radius 2 is 1.43 bits per heavy atom. The van der Waals surface area contributed by atoms with Crippen LogP contribution in [0.25, 0.3) is 0 Å². The molecular formula is C73H88N4O4. The number of nitrogens with one attached hydrogen (secondary N) is 1. The largest absolute Gasteiger partial charge is 0.511 e. The second-order valence-corrected chi connectivity index (χ2v) is 25.0. The van der Waals surface area contributed by atoms with E-state index in [2.05, 4.69) is 218 Å². The molecule has 8 aliphatic rings. The third-order valence-electron chi connectivity index (χ3n) is 17.6. The van der Waals surface area contributed by atoms with Crippen LogP contribution in [0.3, 0.4) is 0 Å². The van der Waals surface area contributed by atoms with Crippen LogP contribution in [0.2, 0.25) is 0 Å². The predicted molar refractivity (Wildman–Crippen MR) is 339 cm³/mol. The molecule has 3 N–H and O–H groups in total. The molecule has 0 aromatic rings. The van der Waals surface area contributed by atoms with Crippen molar-refractivity contribution in [1.29, 1.82) is 0 Å². The number of nitrogens with zero attached hydrogens (tertiary/aromatic N) is 3. The topological polar surface area (TPSA) is 116 Å². The molecular weight excluding hydrogens is 997 g/mol. The zero-order valence-corrected chi connectivity index (χ0v) is 51.1. The summed E-state index contributed by atoms with van der Waals surface area (Å²) in [5.41, 5.74) is 22.4. The average molecular weight is 1090 g/mol. The molecule has 0 aromatic carbocycles. The van der Waals surface area contributed by atoms with Crippen molar-refractivity contribution < 1.29 is 19.7 Å². The smallest absolute Gasteiger partial charge is 0.306 e. The standard InChI is InChI=1S/C73H88N4O4/c1-17-55-49(9)61-38-63-51(11)57(70(76-63)58-37-67(79)69-52(12)64(77-71(58)69)40-66-56(18-2)50(10)62(75-66)39-65(55)74-61)31-34-68(80)81-54-36-48(8)60(73(15,16)42-54)33-30-46(6)28-22-26-44(4)24-20-19-23-43(3)25-21-27-45(5)29-32-59-47(7)35-53(78)41-72(59,13)14/h17,19-30,32-33,36,38-40,51,53-54,57,60,76,78-79H,1,18,31,34-35,37,41-42H2,2-16H3. The van der Waals surface area contributed by atoms with E-state index in [0.29, 0.717) is 18.6 Å². The molecule has 8 heteroatoms. The molecule has 0 radical (unpaired) electrons. The molecule has 424 valence electrons. The maximum absolute atomic E-state index is 14.0. The molecule has 3 aliphatic carbocycles. The Morgan fingerprint density at radius 3 is 2.07 bits per heavy atom. The number of aliphatic imine (C=N–C) groups is 3. The minimum absolute atomic E-state index is 0.0194. The molecule has 8 bridgehead atoms. The van der Waals surface area contributed by atoms with Crippen LogP contribution in [0.1, 0.15) is 149 Å². The summed E-state index contributed by atoms with van der Waals surface area (Å²) in [6.45, 7) is 36.5. The van der Waals surface area contributed by atoms with Crippen LogP contribution in [0.5, 0.6) is 0 Å². The molecule has 0 saturated carbocycles. The number of carbonyl (C=O) groups excluding carboxylic acids is 1. The van der Waals surface area contributed by atoms with E-state index in [1.54, 1.807) is 0 Å². The third-order valence-corrected chi connectivity index (χ3v) is 17.6. The van der Waals surface area contributed by atoms with Gasteiger partial charge < -0.3 is 20.3 Å². The number of rotatable bonds is 16. The summed E-state index contributed by atoms with van der Waals surface area (Å²) in [7, 11) is 0. The number of carbonyl (C=O) groups is 1. The number of allylic oxidation sites excluding steroid dienone is 32. The monoisotopic (exact) mass is 1080 g/mol. The lowest BCUT2D eigenvalue weighted by atomic mass is 9.67. The lowest BCUT2D eigenvalue weighted by Crippen LogP contribution is -2.35. The van der Waals surface area contributed by atoms with E-state index >= 15 is 0 Å². The van der Waals surface area contributed by atoms with Gasteiger partial charge in [0, 0.05) is 58.7 Å². The Morgan fingerprint density at radius 1 is 0.802 bits per heavy atom. The van der Waals surface area contributed by atoms with Gasteiger partial charge in [-0.05, 0) is 157 Å². The van der Waals surface area contributed by atoms with E-state index in [4.69, 9.17) is 19.7 Å². The summed E-state index contributed by atoms with van der Waals surface area (Å²) in [6.07, 6.45) is 44.0. The van der Waals surface area contributed by atoms with Gasteiger partial charge in [0.05, 0.1) is 40.3 Å². The van der Waals surface area contributed by atoms with Crippen molar-refractivity contribution in [3.63, 3.8) is 0 Å². The van der Waals surface area contributed by atoms with Gasteiger partial charge in [0.1, 0.15) is 11.9 Å². The van der Waals surface area contributed by atoms with Crippen LogP contribution in [0.4, 0.5) is 0 Å². The van der Waals surface area contributed by atoms with Crippen molar-refractivity contribution in [2.24, 2.45) is 43.6 Å². The van der Waals surface area contributed by atoms with Crippen LogP contribution in [0.15, 0.2) is 249 Å². The van der Waals surface area contributed by atoms with Gasteiger partial charge in [0.15, 0.2) is 0 Å². The second kappa shape index (κ2) is 24.9. The average Bonchev–Trinajstić information content (AvgIpc) is 4.28. The van der Waals surface area contributed by atoms with Crippen molar-refractivity contribution in [1.82, 2.24) is 5.32 Å². The van der Waals surface area contributed by atoms with Gasteiger partial charge in [-0.25, -0.2) is 15.0 Å². The molecule has 8 nitrogen and oxygen atoms in total. The van der Waals surface area contributed by atoms with Crippen LogP contribution in [-0.2, 0) is 9.53 Å². The van der Waals surface area contributed by atoms with E-state index < -0.39 is 0 Å². The zero-order valence-electron chi connectivity index (χ0n) is 51.1. The van der Waals surface area contributed by atoms with Crippen LogP contribution >= 0.6 is 0 Å². The van der Waals surface area contributed by atoms with Crippen molar-refractivity contribution in [3.8, 4) is 0 Å². The van der Waals surface area contributed by atoms with E-state index in [1.807, 2.05) is 13.0 Å². The SMILES string of the molecule is C=CC1=C(C)C2=NC1=CC1=NC(=CC3=C(C)C4=C(O)CC(=C5NC(=C2)C(C)C5CCC(=O)OC2C=C(C)C(C=CC(C)=CC=CC(C)=CC=CC=C(C)C=CC=C(C)C=CC5=C(C)CC(O)CC5(C)C)C(C)(C)C2)C4=N3)C(CC)=C1C. The molecule has 81 heavy (non-hydrogen) atoms. The van der Waals surface area contributed by atoms with Gasteiger partial charge in [-0.15, -0.1) is 0 Å². The fourth-order valence-corrected chi connectivity index (χ4v) is 13.1. The van der Waals surface area contributed by atoms with Crippen LogP contribution in [-0.4, -0.2) is 45.5 Å². The highest BCUT2D eigenvalue weighted by molar-refractivity contribution is 6.21. The Labute approximate surface area is 484 Å². The van der Waals surface area contributed by atoms with Gasteiger partial charge in [-0.2, -0.15) is 0 Å². The molecule has 5 unspecified atom stereocenters.